The van der Waals surface area contributed by atoms with Crippen LogP contribution in [0.5, 0.6) is 0 Å². The van der Waals surface area contributed by atoms with Gasteiger partial charge in [0.15, 0.2) is 6.10 Å². The van der Waals surface area contributed by atoms with Crippen LogP contribution >= 0.6 is 0 Å². The topological polar surface area (TPSA) is 75.3 Å². The lowest BCUT2D eigenvalue weighted by Crippen LogP contribution is -2.38. The first kappa shape index (κ1) is 8.07. The van der Waals surface area contributed by atoms with Crippen molar-refractivity contribution >= 4 is 5.91 Å². The molecule has 1 saturated carbocycles. The van der Waals surface area contributed by atoms with E-state index in [-0.39, 0.29) is 11.7 Å². The molecule has 0 aromatic rings. The standard InChI is InChI=1S/C7H12N2O2/c1-4(8)6(10)7(11)9-5-2-3-5/h5-6,10H,1-3,8H2,(H,9,11). The molecule has 4 N–H and O–H groups in total. The summed E-state index contributed by atoms with van der Waals surface area (Å²) in [5.74, 6) is -0.444. The van der Waals surface area contributed by atoms with E-state index in [4.69, 9.17) is 10.8 Å². The minimum Gasteiger partial charge on any atom is -0.400 e. The van der Waals surface area contributed by atoms with Gasteiger partial charge in [-0.25, -0.2) is 0 Å². The smallest absolute Gasteiger partial charge is 0.255 e. The van der Waals surface area contributed by atoms with Crippen LogP contribution in [-0.2, 0) is 4.79 Å². The monoisotopic (exact) mass is 156 g/mol. The number of carbonyl (C=O) groups excluding carboxylic acids is 1. The van der Waals surface area contributed by atoms with Crippen LogP contribution < -0.4 is 11.1 Å². The summed E-state index contributed by atoms with van der Waals surface area (Å²) in [6.45, 7) is 3.27. The molecule has 1 aliphatic rings. The molecule has 11 heavy (non-hydrogen) atoms. The zero-order chi connectivity index (χ0) is 8.43. The molecule has 1 amide bonds. The van der Waals surface area contributed by atoms with E-state index in [2.05, 4.69) is 11.9 Å². The maximum absolute atomic E-state index is 10.9. The molecule has 0 saturated heterocycles. The molecule has 1 rings (SSSR count). The van der Waals surface area contributed by atoms with Crippen molar-refractivity contribution in [3.05, 3.63) is 12.3 Å². The van der Waals surface area contributed by atoms with Gasteiger partial charge in [-0.15, -0.1) is 0 Å². The van der Waals surface area contributed by atoms with E-state index in [0.717, 1.165) is 12.8 Å². The van der Waals surface area contributed by atoms with E-state index in [0.29, 0.717) is 0 Å². The summed E-state index contributed by atoms with van der Waals surface area (Å²) in [4.78, 5) is 10.9. The molecule has 0 spiro atoms. The average molecular weight is 156 g/mol. The molecule has 0 aliphatic heterocycles. The summed E-state index contributed by atoms with van der Waals surface area (Å²) >= 11 is 0. The first-order valence-corrected chi connectivity index (χ1v) is 3.54. The van der Waals surface area contributed by atoms with Gasteiger partial charge < -0.3 is 16.2 Å². The summed E-state index contributed by atoms with van der Waals surface area (Å²) in [5, 5.41) is 11.6. The molecule has 0 bridgehead atoms. The lowest BCUT2D eigenvalue weighted by atomic mass is 10.3. The summed E-state index contributed by atoms with van der Waals surface area (Å²) < 4.78 is 0. The number of aliphatic hydroxyl groups is 1. The summed E-state index contributed by atoms with van der Waals surface area (Å²) in [7, 11) is 0. The Balaban J connectivity index is 2.32. The van der Waals surface area contributed by atoms with Gasteiger partial charge in [0, 0.05) is 11.7 Å². The maximum Gasteiger partial charge on any atom is 0.255 e. The van der Waals surface area contributed by atoms with Crippen molar-refractivity contribution in [2.24, 2.45) is 5.73 Å². The van der Waals surface area contributed by atoms with Crippen LogP contribution in [0, 0.1) is 0 Å². The number of nitrogens with one attached hydrogen (secondary N) is 1. The van der Waals surface area contributed by atoms with Gasteiger partial charge in [0.05, 0.1) is 0 Å². The third-order valence-corrected chi connectivity index (χ3v) is 1.52. The predicted molar refractivity (Wildman–Crippen MR) is 40.5 cm³/mol. The van der Waals surface area contributed by atoms with Crippen molar-refractivity contribution in [1.29, 1.82) is 0 Å². The molecule has 1 fully saturated rings. The molecule has 4 heteroatoms. The average Bonchev–Trinajstić information content (AvgIpc) is 2.69. The minimum atomic E-state index is -1.25. The SMILES string of the molecule is C=C(N)C(O)C(=O)NC1CC1. The van der Waals surface area contributed by atoms with Crippen molar-refractivity contribution in [3.63, 3.8) is 0 Å². The molecular weight excluding hydrogens is 144 g/mol. The van der Waals surface area contributed by atoms with Gasteiger partial charge in [0.1, 0.15) is 0 Å². The third kappa shape index (κ3) is 2.23. The van der Waals surface area contributed by atoms with E-state index >= 15 is 0 Å². The van der Waals surface area contributed by atoms with E-state index in [1.54, 1.807) is 0 Å². The molecule has 62 valence electrons. The van der Waals surface area contributed by atoms with Gasteiger partial charge in [-0.1, -0.05) is 6.58 Å². The van der Waals surface area contributed by atoms with Crippen molar-refractivity contribution in [2.75, 3.05) is 0 Å². The highest BCUT2D eigenvalue weighted by atomic mass is 16.3. The van der Waals surface area contributed by atoms with Gasteiger partial charge in [-0.05, 0) is 12.8 Å². The van der Waals surface area contributed by atoms with E-state index in [1.165, 1.54) is 0 Å². The summed E-state index contributed by atoms with van der Waals surface area (Å²) in [6.07, 6.45) is 0.737. The van der Waals surface area contributed by atoms with Gasteiger partial charge in [0.2, 0.25) is 0 Å². The highest BCUT2D eigenvalue weighted by Gasteiger charge is 2.26. The lowest BCUT2D eigenvalue weighted by Gasteiger charge is -2.09. The van der Waals surface area contributed by atoms with Crippen LogP contribution in [0.1, 0.15) is 12.8 Å². The zero-order valence-corrected chi connectivity index (χ0v) is 6.21. The fourth-order valence-electron chi connectivity index (χ4n) is 0.676. The normalized spacial score (nSPS) is 19.0. The number of amides is 1. The van der Waals surface area contributed by atoms with Crippen LogP contribution in [0.3, 0.4) is 0 Å². The van der Waals surface area contributed by atoms with Gasteiger partial charge in [-0.2, -0.15) is 0 Å². The third-order valence-electron chi connectivity index (χ3n) is 1.52. The Labute approximate surface area is 65.1 Å². The van der Waals surface area contributed by atoms with Crippen molar-refractivity contribution in [3.8, 4) is 0 Å². The number of aliphatic hydroxyl groups excluding tert-OH is 1. The second kappa shape index (κ2) is 2.92. The number of carbonyl (C=O) groups is 1. The Bertz CT molecular complexity index is 187. The molecule has 4 nitrogen and oxygen atoms in total. The summed E-state index contributed by atoms with van der Waals surface area (Å²) in [6, 6.07) is 0.247. The van der Waals surface area contributed by atoms with Crippen LogP contribution in [0.2, 0.25) is 0 Å². The Morgan fingerprint density at radius 2 is 2.27 bits per heavy atom. The number of rotatable bonds is 3. The maximum atomic E-state index is 10.9. The van der Waals surface area contributed by atoms with Crippen molar-refractivity contribution < 1.29 is 9.90 Å². The molecule has 0 aromatic heterocycles. The molecule has 1 aliphatic carbocycles. The summed E-state index contributed by atoms with van der Waals surface area (Å²) in [5.41, 5.74) is 5.12. The zero-order valence-electron chi connectivity index (χ0n) is 6.21. The van der Waals surface area contributed by atoms with Gasteiger partial charge in [-0.3, -0.25) is 4.79 Å². The first-order valence-electron chi connectivity index (χ1n) is 3.54. The Hall–Kier alpha value is -1.03. The predicted octanol–water partition coefficient (Wildman–Crippen LogP) is -0.902. The highest BCUT2D eigenvalue weighted by Crippen LogP contribution is 2.18. The minimum absolute atomic E-state index is 0.0110. The molecule has 1 unspecified atom stereocenters. The number of hydrogen-bond acceptors (Lipinski definition) is 3. The molecule has 0 heterocycles. The van der Waals surface area contributed by atoms with Crippen LogP contribution in [0.4, 0.5) is 0 Å². The second-order valence-electron chi connectivity index (χ2n) is 2.76. The van der Waals surface area contributed by atoms with Crippen LogP contribution in [0.15, 0.2) is 12.3 Å². The van der Waals surface area contributed by atoms with E-state index in [1.807, 2.05) is 0 Å². The van der Waals surface area contributed by atoms with E-state index in [9.17, 15) is 4.79 Å². The largest absolute Gasteiger partial charge is 0.400 e. The number of nitrogens with two attached hydrogens (primary N) is 1. The lowest BCUT2D eigenvalue weighted by molar-refractivity contribution is -0.127. The molecular formula is C7H12N2O2. The van der Waals surface area contributed by atoms with E-state index < -0.39 is 12.0 Å². The highest BCUT2D eigenvalue weighted by molar-refractivity contribution is 5.83. The Morgan fingerprint density at radius 3 is 2.64 bits per heavy atom. The van der Waals surface area contributed by atoms with Gasteiger partial charge in [0.25, 0.3) is 5.91 Å². The quantitative estimate of drug-likeness (QED) is 0.495. The van der Waals surface area contributed by atoms with Crippen molar-refractivity contribution in [1.82, 2.24) is 5.32 Å². The van der Waals surface area contributed by atoms with Crippen molar-refractivity contribution in [2.45, 2.75) is 25.0 Å². The number of hydrogen-bond donors (Lipinski definition) is 3. The van der Waals surface area contributed by atoms with Gasteiger partial charge >= 0.3 is 0 Å². The van der Waals surface area contributed by atoms with Crippen LogP contribution in [0.25, 0.3) is 0 Å². The Kier molecular flexibility index (Phi) is 2.14. The molecule has 0 radical (unpaired) electrons. The molecule has 1 atom stereocenters. The fourth-order valence-corrected chi connectivity index (χ4v) is 0.676. The molecule has 0 aromatic carbocycles. The Morgan fingerprint density at radius 1 is 1.73 bits per heavy atom. The fraction of sp³-hybridized carbons (Fsp3) is 0.571. The first-order chi connectivity index (χ1) is 5.11. The second-order valence-corrected chi connectivity index (χ2v) is 2.76. The van der Waals surface area contributed by atoms with Crippen LogP contribution in [-0.4, -0.2) is 23.2 Å².